The Kier molecular flexibility index (Phi) is 7.23. The number of halogens is 1. The van der Waals surface area contributed by atoms with Crippen molar-refractivity contribution in [2.75, 3.05) is 5.75 Å². The average molecular weight is 344 g/mol. The van der Waals surface area contributed by atoms with Crippen molar-refractivity contribution in [3.63, 3.8) is 0 Å². The van der Waals surface area contributed by atoms with Crippen LogP contribution in [0.5, 0.6) is 0 Å². The van der Waals surface area contributed by atoms with Gasteiger partial charge in [0, 0.05) is 21.2 Å². The minimum atomic E-state index is -0.785. The van der Waals surface area contributed by atoms with Gasteiger partial charge in [-0.1, -0.05) is 11.6 Å². The maximum absolute atomic E-state index is 11.8. The van der Waals surface area contributed by atoms with Gasteiger partial charge in [0.15, 0.2) is 6.10 Å². The molecule has 0 fully saturated rings. The smallest absolute Gasteiger partial charge is 0.307 e. The van der Waals surface area contributed by atoms with Crippen LogP contribution in [0.3, 0.4) is 0 Å². The van der Waals surface area contributed by atoms with Crippen LogP contribution in [0.25, 0.3) is 0 Å². The molecule has 0 bridgehead atoms. The number of benzene rings is 1. The first-order valence-electron chi connectivity index (χ1n) is 7.07. The highest BCUT2D eigenvalue weighted by atomic mass is 35.5. The number of carbonyl (C=O) groups is 2. The van der Waals surface area contributed by atoms with Gasteiger partial charge in [-0.3, -0.25) is 9.59 Å². The van der Waals surface area contributed by atoms with Crippen molar-refractivity contribution < 1.29 is 14.3 Å². The largest absolute Gasteiger partial charge is 0.453 e. The van der Waals surface area contributed by atoms with Crippen LogP contribution in [0.2, 0.25) is 5.02 Å². The monoisotopic (exact) mass is 343 g/mol. The quantitative estimate of drug-likeness (QED) is 0.632. The minimum absolute atomic E-state index is 0.250. The first-order valence-corrected chi connectivity index (χ1v) is 8.43. The van der Waals surface area contributed by atoms with Crippen molar-refractivity contribution in [2.45, 2.75) is 50.7 Å². The molecule has 1 amide bonds. The number of amides is 1. The maximum Gasteiger partial charge on any atom is 0.307 e. The molecule has 0 unspecified atom stereocenters. The summed E-state index contributed by atoms with van der Waals surface area (Å²) in [5, 5.41) is 3.46. The Morgan fingerprint density at radius 2 is 1.86 bits per heavy atom. The second-order valence-corrected chi connectivity index (χ2v) is 7.53. The molecule has 0 aromatic heterocycles. The summed E-state index contributed by atoms with van der Waals surface area (Å²) in [7, 11) is 0. The van der Waals surface area contributed by atoms with E-state index >= 15 is 0 Å². The lowest BCUT2D eigenvalue weighted by atomic mass is 10.1. The summed E-state index contributed by atoms with van der Waals surface area (Å²) in [6, 6.07) is 7.41. The molecule has 0 aliphatic heterocycles. The number of thioether (sulfide) groups is 1. The highest BCUT2D eigenvalue weighted by Gasteiger charge is 2.22. The zero-order valence-corrected chi connectivity index (χ0v) is 14.9. The Balaban J connectivity index is 2.30. The molecule has 0 saturated heterocycles. The molecule has 1 atom stereocenters. The molecule has 0 heterocycles. The van der Waals surface area contributed by atoms with Crippen LogP contribution in [0.15, 0.2) is 29.2 Å². The maximum atomic E-state index is 11.8. The van der Waals surface area contributed by atoms with E-state index < -0.39 is 6.10 Å². The van der Waals surface area contributed by atoms with Crippen LogP contribution in [0.4, 0.5) is 0 Å². The Hall–Kier alpha value is -1.20. The van der Waals surface area contributed by atoms with Crippen LogP contribution in [-0.4, -0.2) is 29.3 Å². The van der Waals surface area contributed by atoms with Crippen molar-refractivity contribution in [1.82, 2.24) is 5.32 Å². The molecule has 0 radical (unpaired) electrons. The third kappa shape index (κ3) is 7.71. The van der Waals surface area contributed by atoms with Gasteiger partial charge in [-0.25, -0.2) is 0 Å². The van der Waals surface area contributed by atoms with Crippen molar-refractivity contribution >= 4 is 35.2 Å². The van der Waals surface area contributed by atoms with Gasteiger partial charge >= 0.3 is 5.97 Å². The lowest BCUT2D eigenvalue weighted by Crippen LogP contribution is -2.46. The number of nitrogens with one attached hydrogen (secondary N) is 1. The van der Waals surface area contributed by atoms with E-state index in [4.69, 9.17) is 16.3 Å². The number of hydrogen-bond donors (Lipinski definition) is 1. The predicted octanol–water partition coefficient (Wildman–Crippen LogP) is 3.67. The fourth-order valence-corrected chi connectivity index (χ4v) is 2.52. The number of hydrogen-bond acceptors (Lipinski definition) is 4. The van der Waals surface area contributed by atoms with Gasteiger partial charge in [0.2, 0.25) is 0 Å². The third-order valence-electron chi connectivity index (χ3n) is 2.56. The molecule has 0 aliphatic rings. The van der Waals surface area contributed by atoms with Gasteiger partial charge in [0.05, 0.1) is 6.42 Å². The van der Waals surface area contributed by atoms with Crippen molar-refractivity contribution in [3.8, 4) is 0 Å². The van der Waals surface area contributed by atoms with Crippen LogP contribution >= 0.6 is 23.4 Å². The number of rotatable bonds is 6. The summed E-state index contributed by atoms with van der Waals surface area (Å²) in [4.78, 5) is 24.6. The summed E-state index contributed by atoms with van der Waals surface area (Å²) >= 11 is 7.35. The number of esters is 1. The van der Waals surface area contributed by atoms with E-state index in [1.807, 2.05) is 32.9 Å². The highest BCUT2D eigenvalue weighted by molar-refractivity contribution is 7.99. The van der Waals surface area contributed by atoms with Crippen molar-refractivity contribution in [2.24, 2.45) is 0 Å². The lowest BCUT2D eigenvalue weighted by molar-refractivity contribution is -0.154. The molecule has 4 nitrogen and oxygen atoms in total. The Labute approximate surface area is 140 Å². The van der Waals surface area contributed by atoms with E-state index in [2.05, 4.69) is 5.32 Å². The van der Waals surface area contributed by atoms with Crippen LogP contribution in [-0.2, 0) is 14.3 Å². The van der Waals surface area contributed by atoms with E-state index in [0.29, 0.717) is 10.8 Å². The van der Waals surface area contributed by atoms with E-state index in [9.17, 15) is 9.59 Å². The molecule has 0 saturated carbocycles. The fourth-order valence-electron chi connectivity index (χ4n) is 1.56. The molecule has 1 aromatic carbocycles. The predicted molar refractivity (Wildman–Crippen MR) is 90.2 cm³/mol. The van der Waals surface area contributed by atoms with Crippen LogP contribution in [0.1, 0.15) is 34.1 Å². The first-order chi connectivity index (χ1) is 10.2. The van der Waals surface area contributed by atoms with E-state index in [1.165, 1.54) is 0 Å². The van der Waals surface area contributed by atoms with E-state index in [0.717, 1.165) is 4.90 Å². The Morgan fingerprint density at radius 3 is 2.41 bits per heavy atom. The van der Waals surface area contributed by atoms with E-state index in [1.54, 1.807) is 30.8 Å². The summed E-state index contributed by atoms with van der Waals surface area (Å²) in [6.07, 6.45) is -0.535. The topological polar surface area (TPSA) is 55.4 Å². The van der Waals surface area contributed by atoms with Gasteiger partial charge in [-0.05, 0) is 52.0 Å². The lowest BCUT2D eigenvalue weighted by Gasteiger charge is -2.23. The minimum Gasteiger partial charge on any atom is -0.453 e. The second-order valence-electron chi connectivity index (χ2n) is 5.92. The number of ether oxygens (including phenoxy) is 1. The molecule has 0 spiro atoms. The normalized spacial score (nSPS) is 12.6. The Bertz CT molecular complexity index is 511. The van der Waals surface area contributed by atoms with Gasteiger partial charge in [-0.15, -0.1) is 11.8 Å². The fraction of sp³-hybridized carbons (Fsp3) is 0.500. The summed E-state index contributed by atoms with van der Waals surface area (Å²) in [5.74, 6) is -0.0714. The number of carbonyl (C=O) groups excluding carboxylic acids is 2. The first kappa shape index (κ1) is 18.8. The molecule has 1 N–H and O–H groups in total. The molecular formula is C16H22ClNO3S. The van der Waals surface area contributed by atoms with Crippen LogP contribution < -0.4 is 5.32 Å². The van der Waals surface area contributed by atoms with Gasteiger partial charge in [0.25, 0.3) is 5.91 Å². The summed E-state index contributed by atoms with van der Waals surface area (Å²) < 4.78 is 5.13. The van der Waals surface area contributed by atoms with E-state index in [-0.39, 0.29) is 23.8 Å². The van der Waals surface area contributed by atoms with Crippen molar-refractivity contribution in [3.05, 3.63) is 29.3 Å². The summed E-state index contributed by atoms with van der Waals surface area (Å²) in [5.41, 5.74) is -0.345. The van der Waals surface area contributed by atoms with Crippen molar-refractivity contribution in [1.29, 1.82) is 0 Å². The second kappa shape index (κ2) is 8.44. The molecule has 22 heavy (non-hydrogen) atoms. The molecule has 1 rings (SSSR count). The molecule has 0 aliphatic carbocycles. The summed E-state index contributed by atoms with van der Waals surface area (Å²) in [6.45, 7) is 7.21. The van der Waals surface area contributed by atoms with Gasteiger partial charge < -0.3 is 10.1 Å². The standard InChI is InChI=1S/C16H22ClNO3S/c1-11(15(20)18-16(2,3)4)21-14(19)9-10-22-13-7-5-12(17)6-8-13/h5-8,11H,9-10H2,1-4H3,(H,18,20)/t11-/m0/s1. The van der Waals surface area contributed by atoms with Crippen LogP contribution in [0, 0.1) is 0 Å². The molecule has 122 valence electrons. The zero-order chi connectivity index (χ0) is 16.8. The average Bonchev–Trinajstić information content (AvgIpc) is 2.39. The third-order valence-corrected chi connectivity index (χ3v) is 3.83. The van der Waals surface area contributed by atoms with Gasteiger partial charge in [-0.2, -0.15) is 0 Å². The Morgan fingerprint density at radius 1 is 1.27 bits per heavy atom. The molecular weight excluding hydrogens is 322 g/mol. The molecule has 6 heteroatoms. The zero-order valence-electron chi connectivity index (χ0n) is 13.3. The molecule has 1 aromatic rings. The SMILES string of the molecule is C[C@H](OC(=O)CCSc1ccc(Cl)cc1)C(=O)NC(C)(C)C. The van der Waals surface area contributed by atoms with Gasteiger partial charge in [0.1, 0.15) is 0 Å². The highest BCUT2D eigenvalue weighted by Crippen LogP contribution is 2.21.